The molecule has 1 unspecified atom stereocenters. The number of pyridine rings is 1. The first-order valence-electron chi connectivity index (χ1n) is 8.87. The van der Waals surface area contributed by atoms with Crippen LogP contribution in [0.25, 0.3) is 5.65 Å². The Hall–Kier alpha value is -1.84. The van der Waals surface area contributed by atoms with Crippen molar-refractivity contribution in [1.82, 2.24) is 14.7 Å². The second-order valence-corrected chi connectivity index (χ2v) is 6.24. The van der Waals surface area contributed by atoms with E-state index in [0.717, 1.165) is 36.3 Å². The predicted octanol–water partition coefficient (Wildman–Crippen LogP) is 4.05. The van der Waals surface area contributed by atoms with Gasteiger partial charge in [-0.25, -0.2) is 4.98 Å². The molecule has 4 heteroatoms. The van der Waals surface area contributed by atoms with Crippen LogP contribution in [0.4, 0.5) is 0 Å². The Bertz CT molecular complexity index is 633. The van der Waals surface area contributed by atoms with Gasteiger partial charge >= 0.3 is 0 Å². The first-order chi connectivity index (χ1) is 11.2. The topological polar surface area (TPSA) is 46.4 Å². The molecular formula is C19H29N3O. The Morgan fingerprint density at radius 1 is 1.30 bits per heavy atom. The van der Waals surface area contributed by atoms with E-state index >= 15 is 0 Å². The molecule has 1 N–H and O–H groups in total. The van der Waals surface area contributed by atoms with Gasteiger partial charge in [-0.15, -0.1) is 0 Å². The van der Waals surface area contributed by atoms with Crippen molar-refractivity contribution >= 4 is 11.6 Å². The average molecular weight is 315 g/mol. The summed E-state index contributed by atoms with van der Waals surface area (Å²) in [6, 6.07) is 6.30. The molecule has 1 atom stereocenters. The van der Waals surface area contributed by atoms with E-state index < -0.39 is 0 Å². The molecule has 23 heavy (non-hydrogen) atoms. The summed E-state index contributed by atoms with van der Waals surface area (Å²) in [7, 11) is 0. The summed E-state index contributed by atoms with van der Waals surface area (Å²) in [6.45, 7) is 6.36. The number of carbonyl (C=O) groups is 1. The summed E-state index contributed by atoms with van der Waals surface area (Å²) in [5, 5.41) is 3.19. The van der Waals surface area contributed by atoms with Crippen LogP contribution in [0.15, 0.2) is 24.4 Å². The second-order valence-electron chi connectivity index (χ2n) is 6.24. The van der Waals surface area contributed by atoms with Gasteiger partial charge in [-0.05, 0) is 38.3 Å². The lowest BCUT2D eigenvalue weighted by Crippen LogP contribution is -2.34. The van der Waals surface area contributed by atoms with E-state index in [4.69, 9.17) is 0 Å². The molecule has 0 fully saturated rings. The molecule has 0 saturated carbocycles. The van der Waals surface area contributed by atoms with Gasteiger partial charge in [-0.3, -0.25) is 4.79 Å². The third kappa shape index (κ3) is 4.81. The van der Waals surface area contributed by atoms with Gasteiger partial charge in [-0.1, -0.05) is 39.2 Å². The molecule has 2 aromatic heterocycles. The number of aromatic nitrogens is 2. The van der Waals surface area contributed by atoms with E-state index in [2.05, 4.69) is 28.5 Å². The summed E-state index contributed by atoms with van der Waals surface area (Å²) in [5.41, 5.74) is 3.10. The lowest BCUT2D eigenvalue weighted by Gasteiger charge is -2.16. The lowest BCUT2D eigenvalue weighted by molar-refractivity contribution is -0.121. The van der Waals surface area contributed by atoms with Gasteiger partial charge in [0, 0.05) is 24.4 Å². The number of rotatable bonds is 9. The molecule has 0 radical (unpaired) electrons. The van der Waals surface area contributed by atoms with Gasteiger partial charge in [0.2, 0.25) is 5.91 Å². The normalized spacial score (nSPS) is 12.5. The fourth-order valence-electron chi connectivity index (χ4n) is 3.02. The van der Waals surface area contributed by atoms with Gasteiger partial charge < -0.3 is 9.72 Å². The van der Waals surface area contributed by atoms with Crippen LogP contribution in [0.1, 0.15) is 63.8 Å². The van der Waals surface area contributed by atoms with Crippen molar-refractivity contribution < 1.29 is 4.79 Å². The van der Waals surface area contributed by atoms with Crippen LogP contribution < -0.4 is 5.32 Å². The number of imidazole rings is 1. The van der Waals surface area contributed by atoms with E-state index in [0.29, 0.717) is 12.5 Å². The van der Waals surface area contributed by atoms with Crippen molar-refractivity contribution in [1.29, 1.82) is 0 Å². The van der Waals surface area contributed by atoms with Gasteiger partial charge in [0.1, 0.15) is 5.65 Å². The minimum Gasteiger partial charge on any atom is -0.353 e. The van der Waals surface area contributed by atoms with Crippen LogP contribution in [0, 0.1) is 6.92 Å². The average Bonchev–Trinajstić information content (AvgIpc) is 2.87. The molecule has 2 rings (SSSR count). The second kappa shape index (κ2) is 8.70. The summed E-state index contributed by atoms with van der Waals surface area (Å²) >= 11 is 0. The highest BCUT2D eigenvalue weighted by molar-refractivity contribution is 5.76. The third-order valence-corrected chi connectivity index (χ3v) is 4.43. The number of unbranched alkanes of at least 4 members (excludes halogenated alkanes) is 2. The Morgan fingerprint density at radius 2 is 2.13 bits per heavy atom. The van der Waals surface area contributed by atoms with E-state index in [1.54, 1.807) is 0 Å². The number of fused-ring (bicyclic) bond motifs is 1. The molecule has 0 aliphatic rings. The van der Waals surface area contributed by atoms with Crippen molar-refractivity contribution in [2.24, 2.45) is 0 Å². The SMILES string of the molecule is CCCCCC(CC)NC(=O)CCc1c(C)nc2ccccn12. The molecule has 0 bridgehead atoms. The number of aryl methyl sites for hydroxylation is 2. The quantitative estimate of drug-likeness (QED) is 0.710. The van der Waals surface area contributed by atoms with E-state index in [-0.39, 0.29) is 5.91 Å². The van der Waals surface area contributed by atoms with E-state index in [9.17, 15) is 4.79 Å². The number of hydrogen-bond acceptors (Lipinski definition) is 2. The number of amides is 1. The first kappa shape index (κ1) is 17.5. The predicted molar refractivity (Wildman–Crippen MR) is 94.6 cm³/mol. The molecule has 0 aromatic carbocycles. The fraction of sp³-hybridized carbons (Fsp3) is 0.579. The van der Waals surface area contributed by atoms with Crippen LogP contribution in [-0.4, -0.2) is 21.3 Å². The highest BCUT2D eigenvalue weighted by Crippen LogP contribution is 2.14. The van der Waals surface area contributed by atoms with Gasteiger partial charge in [-0.2, -0.15) is 0 Å². The molecule has 4 nitrogen and oxygen atoms in total. The van der Waals surface area contributed by atoms with Crippen molar-refractivity contribution in [3.8, 4) is 0 Å². The minimum absolute atomic E-state index is 0.152. The summed E-state index contributed by atoms with van der Waals surface area (Å²) in [6.07, 6.45) is 9.02. The Labute approximate surface area is 139 Å². The number of nitrogens with zero attached hydrogens (tertiary/aromatic N) is 2. The van der Waals surface area contributed by atoms with Crippen LogP contribution >= 0.6 is 0 Å². The molecule has 1 amide bonds. The third-order valence-electron chi connectivity index (χ3n) is 4.43. The van der Waals surface area contributed by atoms with Gasteiger partial charge in [0.15, 0.2) is 0 Å². The van der Waals surface area contributed by atoms with Crippen molar-refractivity contribution in [2.45, 2.75) is 71.8 Å². The summed E-state index contributed by atoms with van der Waals surface area (Å²) in [4.78, 5) is 16.8. The minimum atomic E-state index is 0.152. The summed E-state index contributed by atoms with van der Waals surface area (Å²) < 4.78 is 2.08. The van der Waals surface area contributed by atoms with E-state index in [1.807, 2.05) is 31.3 Å². The van der Waals surface area contributed by atoms with Crippen LogP contribution in [0.3, 0.4) is 0 Å². The Kier molecular flexibility index (Phi) is 6.63. The summed E-state index contributed by atoms with van der Waals surface area (Å²) in [5.74, 6) is 0.152. The van der Waals surface area contributed by atoms with Gasteiger partial charge in [0.05, 0.1) is 5.69 Å². The first-order valence-corrected chi connectivity index (χ1v) is 8.87. The Balaban J connectivity index is 1.89. The zero-order valence-corrected chi connectivity index (χ0v) is 14.6. The van der Waals surface area contributed by atoms with Gasteiger partial charge in [0.25, 0.3) is 0 Å². The maximum atomic E-state index is 12.2. The highest BCUT2D eigenvalue weighted by Gasteiger charge is 2.13. The number of nitrogens with one attached hydrogen (secondary N) is 1. The molecule has 0 saturated heterocycles. The number of carbonyl (C=O) groups excluding carboxylic acids is 1. The molecule has 2 heterocycles. The maximum absolute atomic E-state index is 12.2. The highest BCUT2D eigenvalue weighted by atomic mass is 16.1. The van der Waals surface area contributed by atoms with Crippen LogP contribution in [0.2, 0.25) is 0 Å². The molecule has 0 aliphatic carbocycles. The number of hydrogen-bond donors (Lipinski definition) is 1. The smallest absolute Gasteiger partial charge is 0.220 e. The fourth-order valence-corrected chi connectivity index (χ4v) is 3.02. The molecule has 126 valence electrons. The zero-order chi connectivity index (χ0) is 16.7. The molecule has 0 spiro atoms. The Morgan fingerprint density at radius 3 is 2.87 bits per heavy atom. The van der Waals surface area contributed by atoms with Crippen LogP contribution in [0.5, 0.6) is 0 Å². The van der Waals surface area contributed by atoms with Crippen molar-refractivity contribution in [3.05, 3.63) is 35.8 Å². The zero-order valence-electron chi connectivity index (χ0n) is 14.6. The molecular weight excluding hydrogens is 286 g/mol. The monoisotopic (exact) mass is 315 g/mol. The molecule has 2 aromatic rings. The molecule has 0 aliphatic heterocycles. The maximum Gasteiger partial charge on any atom is 0.220 e. The van der Waals surface area contributed by atoms with Crippen molar-refractivity contribution in [2.75, 3.05) is 0 Å². The van der Waals surface area contributed by atoms with Crippen molar-refractivity contribution in [3.63, 3.8) is 0 Å². The van der Waals surface area contributed by atoms with E-state index in [1.165, 1.54) is 19.3 Å². The van der Waals surface area contributed by atoms with Crippen LogP contribution in [-0.2, 0) is 11.2 Å². The lowest BCUT2D eigenvalue weighted by atomic mass is 10.1. The standard InChI is InChI=1S/C19H29N3O/c1-4-6-7-10-16(5-2)21-19(23)13-12-17-15(3)20-18-11-8-9-14-22(17)18/h8-9,11,14,16H,4-7,10,12-13H2,1-3H3,(H,21,23). The largest absolute Gasteiger partial charge is 0.353 e.